The largest absolute Gasteiger partial charge is 0.493 e. The van der Waals surface area contributed by atoms with Crippen molar-refractivity contribution in [3.05, 3.63) is 87.0 Å². The van der Waals surface area contributed by atoms with Crippen molar-refractivity contribution in [2.24, 2.45) is 0 Å². The van der Waals surface area contributed by atoms with Gasteiger partial charge in [-0.15, -0.1) is 0 Å². The number of hydrogen-bond acceptors (Lipinski definition) is 6. The fourth-order valence-corrected chi connectivity index (χ4v) is 4.26. The van der Waals surface area contributed by atoms with Gasteiger partial charge in [-0.05, 0) is 30.2 Å². The summed E-state index contributed by atoms with van der Waals surface area (Å²) in [7, 11) is 0. The molecule has 6 heteroatoms. The van der Waals surface area contributed by atoms with Crippen LogP contribution in [0.1, 0.15) is 40.4 Å². The molecule has 3 aromatic rings. The number of hydrogen-bond donors (Lipinski definition) is 0. The van der Waals surface area contributed by atoms with Gasteiger partial charge in [-0.2, -0.15) is 0 Å². The van der Waals surface area contributed by atoms with Gasteiger partial charge in [0, 0.05) is 30.4 Å². The Morgan fingerprint density at radius 2 is 1.94 bits per heavy atom. The van der Waals surface area contributed by atoms with Crippen LogP contribution in [-0.4, -0.2) is 19.2 Å². The van der Waals surface area contributed by atoms with Crippen LogP contribution >= 0.6 is 0 Å². The molecule has 0 saturated heterocycles. The molecule has 0 radical (unpaired) electrons. The second-order valence-electron chi connectivity index (χ2n) is 7.83. The van der Waals surface area contributed by atoms with E-state index in [0.717, 1.165) is 30.8 Å². The molecular weight excluding hydrogens is 396 g/mol. The summed E-state index contributed by atoms with van der Waals surface area (Å²) < 4.78 is 22.3. The number of para-hydroxylation sites is 1. The normalized spacial score (nSPS) is 16.8. The summed E-state index contributed by atoms with van der Waals surface area (Å²) in [5.74, 6) is 1.44. The lowest BCUT2D eigenvalue weighted by Gasteiger charge is -2.25. The molecular formula is C25H22O6. The number of benzene rings is 2. The standard InChI is InChI=1S/C25H22O6/c1-15-12-22-24(25(27)30-15)19(14-23(26)31-22)18-4-2-3-5-21(18)29-10-8-16-6-7-20-17(13-16)9-11-28-20/h2-7,12-13,19H,8-11,14H2,1H3. The highest BCUT2D eigenvalue weighted by Crippen LogP contribution is 2.40. The van der Waals surface area contributed by atoms with E-state index in [1.807, 2.05) is 30.3 Å². The Morgan fingerprint density at radius 3 is 2.84 bits per heavy atom. The minimum Gasteiger partial charge on any atom is -0.493 e. The minimum atomic E-state index is -0.484. The summed E-state index contributed by atoms with van der Waals surface area (Å²) in [5.41, 5.74) is 3.07. The van der Waals surface area contributed by atoms with Crippen LogP contribution in [0.15, 0.2) is 57.7 Å². The summed E-state index contributed by atoms with van der Waals surface area (Å²) in [6.07, 6.45) is 1.74. The highest BCUT2D eigenvalue weighted by atomic mass is 16.5. The number of ether oxygens (including phenoxy) is 3. The Bertz CT molecular complexity index is 1210. The first-order valence-corrected chi connectivity index (χ1v) is 10.4. The summed E-state index contributed by atoms with van der Waals surface area (Å²) in [5, 5.41) is 0. The van der Waals surface area contributed by atoms with E-state index in [9.17, 15) is 9.59 Å². The molecule has 3 heterocycles. The summed E-state index contributed by atoms with van der Waals surface area (Å²) in [4.78, 5) is 24.8. The van der Waals surface area contributed by atoms with Crippen LogP contribution in [0.4, 0.5) is 0 Å². The predicted molar refractivity (Wildman–Crippen MR) is 113 cm³/mol. The zero-order valence-electron chi connectivity index (χ0n) is 17.2. The molecule has 2 aliphatic rings. The van der Waals surface area contributed by atoms with E-state index in [4.69, 9.17) is 18.6 Å². The van der Waals surface area contributed by atoms with Crippen LogP contribution < -0.4 is 19.8 Å². The van der Waals surface area contributed by atoms with Gasteiger partial charge in [-0.3, -0.25) is 4.79 Å². The third kappa shape index (κ3) is 3.81. The average Bonchev–Trinajstić information content (AvgIpc) is 3.21. The first kappa shape index (κ1) is 19.4. The molecule has 0 fully saturated rings. The number of carbonyl (C=O) groups is 1. The Morgan fingerprint density at radius 1 is 1.06 bits per heavy atom. The molecule has 1 unspecified atom stereocenters. The molecule has 1 atom stereocenters. The van der Waals surface area contributed by atoms with Gasteiger partial charge in [0.2, 0.25) is 0 Å². The first-order chi connectivity index (χ1) is 15.1. The van der Waals surface area contributed by atoms with Crippen molar-refractivity contribution in [1.29, 1.82) is 0 Å². The maximum absolute atomic E-state index is 12.6. The van der Waals surface area contributed by atoms with Gasteiger partial charge in [0.15, 0.2) is 0 Å². The van der Waals surface area contributed by atoms with Crippen LogP contribution in [0.25, 0.3) is 0 Å². The summed E-state index contributed by atoms with van der Waals surface area (Å²) in [6, 6.07) is 15.3. The number of rotatable bonds is 5. The Labute approximate surface area is 179 Å². The van der Waals surface area contributed by atoms with Gasteiger partial charge in [0.25, 0.3) is 0 Å². The van der Waals surface area contributed by atoms with E-state index >= 15 is 0 Å². The van der Waals surface area contributed by atoms with E-state index in [-0.39, 0.29) is 18.1 Å². The van der Waals surface area contributed by atoms with Gasteiger partial charge < -0.3 is 18.6 Å². The Hall–Kier alpha value is -3.54. The SMILES string of the molecule is Cc1cc2c(c(=O)o1)C(c1ccccc1OCCc1ccc3c(c1)CCO3)CC(=O)O2. The second-order valence-corrected chi connectivity index (χ2v) is 7.83. The quantitative estimate of drug-likeness (QED) is 0.584. The molecule has 2 aromatic carbocycles. The summed E-state index contributed by atoms with van der Waals surface area (Å²) >= 11 is 0. The third-order valence-corrected chi connectivity index (χ3v) is 5.71. The highest BCUT2D eigenvalue weighted by Gasteiger charge is 2.34. The lowest BCUT2D eigenvalue weighted by Crippen LogP contribution is -2.27. The molecule has 0 saturated carbocycles. The van der Waals surface area contributed by atoms with Crippen molar-refractivity contribution in [1.82, 2.24) is 0 Å². The van der Waals surface area contributed by atoms with Crippen LogP contribution in [0.3, 0.4) is 0 Å². The molecule has 158 valence electrons. The molecule has 0 N–H and O–H groups in total. The molecule has 0 aliphatic carbocycles. The highest BCUT2D eigenvalue weighted by molar-refractivity contribution is 5.77. The third-order valence-electron chi connectivity index (χ3n) is 5.71. The van der Waals surface area contributed by atoms with Gasteiger partial charge in [0.05, 0.1) is 25.2 Å². The van der Waals surface area contributed by atoms with E-state index in [2.05, 4.69) is 12.1 Å². The van der Waals surface area contributed by atoms with Gasteiger partial charge in [0.1, 0.15) is 23.0 Å². The van der Waals surface area contributed by atoms with Crippen molar-refractivity contribution in [2.75, 3.05) is 13.2 Å². The molecule has 5 rings (SSSR count). The van der Waals surface area contributed by atoms with Crippen molar-refractivity contribution in [2.45, 2.75) is 32.1 Å². The fourth-order valence-electron chi connectivity index (χ4n) is 4.26. The zero-order valence-corrected chi connectivity index (χ0v) is 17.2. The van der Waals surface area contributed by atoms with Crippen LogP contribution in [0.5, 0.6) is 17.2 Å². The maximum Gasteiger partial charge on any atom is 0.343 e. The Kier molecular flexibility index (Phi) is 4.98. The van der Waals surface area contributed by atoms with Crippen molar-refractivity contribution < 1.29 is 23.4 Å². The predicted octanol–water partition coefficient (Wildman–Crippen LogP) is 3.95. The van der Waals surface area contributed by atoms with Gasteiger partial charge in [-0.1, -0.05) is 30.3 Å². The van der Waals surface area contributed by atoms with Gasteiger partial charge >= 0.3 is 11.6 Å². The molecule has 31 heavy (non-hydrogen) atoms. The molecule has 6 nitrogen and oxygen atoms in total. The number of fused-ring (bicyclic) bond motifs is 2. The average molecular weight is 418 g/mol. The van der Waals surface area contributed by atoms with Crippen molar-refractivity contribution >= 4 is 5.97 Å². The smallest absolute Gasteiger partial charge is 0.343 e. The van der Waals surface area contributed by atoms with E-state index < -0.39 is 11.5 Å². The molecule has 0 spiro atoms. The zero-order chi connectivity index (χ0) is 21.4. The lowest BCUT2D eigenvalue weighted by molar-refractivity contribution is -0.135. The van der Waals surface area contributed by atoms with E-state index in [0.29, 0.717) is 23.7 Å². The number of esters is 1. The van der Waals surface area contributed by atoms with Crippen LogP contribution in [-0.2, 0) is 17.6 Å². The molecule has 0 amide bonds. The van der Waals surface area contributed by atoms with Gasteiger partial charge in [-0.25, -0.2) is 4.79 Å². The number of carbonyl (C=O) groups excluding carboxylic acids is 1. The van der Waals surface area contributed by atoms with E-state index in [1.165, 1.54) is 11.1 Å². The molecule has 1 aromatic heterocycles. The minimum absolute atomic E-state index is 0.0615. The molecule has 0 bridgehead atoms. The molecule has 2 aliphatic heterocycles. The second kappa shape index (κ2) is 7.95. The monoisotopic (exact) mass is 418 g/mol. The fraction of sp³-hybridized carbons (Fsp3) is 0.280. The number of aryl methyl sites for hydroxylation is 1. The Balaban J connectivity index is 1.39. The van der Waals surface area contributed by atoms with Crippen LogP contribution in [0, 0.1) is 6.92 Å². The van der Waals surface area contributed by atoms with E-state index in [1.54, 1.807) is 13.0 Å². The van der Waals surface area contributed by atoms with Crippen LogP contribution in [0.2, 0.25) is 0 Å². The van der Waals surface area contributed by atoms with Crippen molar-refractivity contribution in [3.8, 4) is 17.2 Å². The lowest BCUT2D eigenvalue weighted by atomic mass is 9.87. The maximum atomic E-state index is 12.6. The van der Waals surface area contributed by atoms with Crippen molar-refractivity contribution in [3.63, 3.8) is 0 Å². The summed E-state index contributed by atoms with van der Waals surface area (Å²) in [6.45, 7) is 2.87. The topological polar surface area (TPSA) is 75.0 Å². The first-order valence-electron chi connectivity index (χ1n) is 10.4.